The molecule has 0 unspecified atom stereocenters. The fourth-order valence-electron chi connectivity index (χ4n) is 2.90. The maximum Gasteiger partial charge on any atom is 0.240 e. The van der Waals surface area contributed by atoms with Crippen LogP contribution in [-0.4, -0.2) is 29.1 Å². The second-order valence-electron chi connectivity index (χ2n) is 6.18. The second-order valence-corrected chi connectivity index (χ2v) is 6.18. The summed E-state index contributed by atoms with van der Waals surface area (Å²) in [5, 5.41) is 14.9. The van der Waals surface area contributed by atoms with E-state index in [9.17, 15) is 4.79 Å². The van der Waals surface area contributed by atoms with Gasteiger partial charge in [-0.2, -0.15) is 5.26 Å². The van der Waals surface area contributed by atoms with Crippen LogP contribution in [0.3, 0.4) is 0 Å². The van der Waals surface area contributed by atoms with Crippen LogP contribution < -0.4 is 15.4 Å². The van der Waals surface area contributed by atoms with Crippen LogP contribution >= 0.6 is 0 Å². The minimum absolute atomic E-state index is 0.0853. The van der Waals surface area contributed by atoms with Gasteiger partial charge in [0.1, 0.15) is 17.6 Å². The summed E-state index contributed by atoms with van der Waals surface area (Å²) in [6, 6.07) is 16.1. The zero-order valence-corrected chi connectivity index (χ0v) is 15.7. The number of imidazole rings is 1. The number of hydrogen-bond donors (Lipinski definition) is 2. The Morgan fingerprint density at radius 3 is 2.64 bits per heavy atom. The molecule has 0 spiro atoms. The van der Waals surface area contributed by atoms with E-state index < -0.39 is 6.04 Å². The van der Waals surface area contributed by atoms with Crippen LogP contribution in [0.1, 0.15) is 23.0 Å². The predicted octanol–water partition coefficient (Wildman–Crippen LogP) is 2.62. The Labute approximate surface area is 163 Å². The van der Waals surface area contributed by atoms with Gasteiger partial charge in [-0.25, -0.2) is 4.98 Å². The van der Waals surface area contributed by atoms with Gasteiger partial charge in [-0.05, 0) is 30.3 Å². The highest BCUT2D eigenvalue weighted by molar-refractivity contribution is 5.81. The molecule has 7 heteroatoms. The molecule has 28 heavy (non-hydrogen) atoms. The maximum absolute atomic E-state index is 12.6. The first-order valence-corrected chi connectivity index (χ1v) is 8.76. The quantitative estimate of drug-likeness (QED) is 0.662. The van der Waals surface area contributed by atoms with E-state index in [-0.39, 0.29) is 12.5 Å². The van der Waals surface area contributed by atoms with Crippen LogP contribution in [0, 0.1) is 11.3 Å². The van der Waals surface area contributed by atoms with Crippen LogP contribution in [0.2, 0.25) is 0 Å². The topological polar surface area (TPSA) is 92.0 Å². The van der Waals surface area contributed by atoms with Gasteiger partial charge in [-0.1, -0.05) is 18.2 Å². The molecule has 142 valence electrons. The van der Waals surface area contributed by atoms with E-state index in [0.717, 1.165) is 11.3 Å². The van der Waals surface area contributed by atoms with E-state index >= 15 is 0 Å². The minimum Gasteiger partial charge on any atom is -0.496 e. The molecule has 0 radical (unpaired) electrons. The number of rotatable bonds is 7. The van der Waals surface area contributed by atoms with Crippen molar-refractivity contribution in [2.24, 2.45) is 7.05 Å². The molecule has 0 bridgehead atoms. The Morgan fingerprint density at radius 1 is 1.25 bits per heavy atom. The highest BCUT2D eigenvalue weighted by atomic mass is 16.5. The average Bonchev–Trinajstić information content (AvgIpc) is 3.16. The largest absolute Gasteiger partial charge is 0.496 e. The predicted molar refractivity (Wildman–Crippen MR) is 106 cm³/mol. The van der Waals surface area contributed by atoms with Gasteiger partial charge in [-0.3, -0.25) is 4.79 Å². The van der Waals surface area contributed by atoms with E-state index in [4.69, 9.17) is 10.00 Å². The Hall–Kier alpha value is -3.79. The smallest absolute Gasteiger partial charge is 0.240 e. The first-order valence-electron chi connectivity index (χ1n) is 8.76. The molecule has 2 N–H and O–H groups in total. The van der Waals surface area contributed by atoms with E-state index in [1.165, 1.54) is 0 Å². The number of ether oxygens (including phenoxy) is 1. The third-order valence-electron chi connectivity index (χ3n) is 4.34. The highest BCUT2D eigenvalue weighted by Crippen LogP contribution is 2.28. The van der Waals surface area contributed by atoms with Crippen LogP contribution in [-0.2, 0) is 11.8 Å². The highest BCUT2D eigenvalue weighted by Gasteiger charge is 2.23. The Bertz CT molecular complexity index is 989. The fraction of sp³-hybridized carbons (Fsp3) is 0.190. The van der Waals surface area contributed by atoms with Gasteiger partial charge in [0.2, 0.25) is 5.91 Å². The summed E-state index contributed by atoms with van der Waals surface area (Å²) in [5.41, 5.74) is 2.16. The number of aryl methyl sites for hydroxylation is 1. The van der Waals surface area contributed by atoms with Crippen molar-refractivity contribution in [1.29, 1.82) is 5.26 Å². The first kappa shape index (κ1) is 19.0. The lowest BCUT2D eigenvalue weighted by atomic mass is 10.0. The fourth-order valence-corrected chi connectivity index (χ4v) is 2.90. The van der Waals surface area contributed by atoms with Crippen molar-refractivity contribution in [3.63, 3.8) is 0 Å². The normalized spacial score (nSPS) is 11.3. The summed E-state index contributed by atoms with van der Waals surface area (Å²) >= 11 is 0. The number of aromatic nitrogens is 2. The van der Waals surface area contributed by atoms with Crippen molar-refractivity contribution in [2.45, 2.75) is 6.04 Å². The molecule has 1 amide bonds. The van der Waals surface area contributed by atoms with Gasteiger partial charge < -0.3 is 19.9 Å². The number of nitriles is 1. The summed E-state index contributed by atoms with van der Waals surface area (Å²) in [5.74, 6) is 1.19. The van der Waals surface area contributed by atoms with Gasteiger partial charge in [0.25, 0.3) is 0 Å². The number of benzene rings is 2. The van der Waals surface area contributed by atoms with E-state index in [2.05, 4.69) is 21.7 Å². The number of para-hydroxylation sites is 1. The Kier molecular flexibility index (Phi) is 5.92. The van der Waals surface area contributed by atoms with Gasteiger partial charge in [-0.15, -0.1) is 0 Å². The molecule has 0 saturated carbocycles. The van der Waals surface area contributed by atoms with Gasteiger partial charge in [0.15, 0.2) is 0 Å². The summed E-state index contributed by atoms with van der Waals surface area (Å²) in [7, 11) is 3.48. The van der Waals surface area contributed by atoms with Crippen molar-refractivity contribution >= 4 is 11.6 Å². The lowest BCUT2D eigenvalue weighted by molar-refractivity contribution is -0.119. The number of amides is 1. The summed E-state index contributed by atoms with van der Waals surface area (Å²) in [6.07, 6.45) is 3.53. The summed E-state index contributed by atoms with van der Waals surface area (Å²) in [4.78, 5) is 17.0. The van der Waals surface area contributed by atoms with Crippen LogP contribution in [0.4, 0.5) is 5.69 Å². The molecule has 0 aliphatic rings. The number of carbonyl (C=O) groups excluding carboxylic acids is 1. The minimum atomic E-state index is -0.452. The molecule has 3 aromatic rings. The number of methoxy groups -OCH3 is 1. The van der Waals surface area contributed by atoms with Crippen molar-refractivity contribution in [3.8, 4) is 11.8 Å². The zero-order valence-electron chi connectivity index (χ0n) is 15.7. The molecule has 0 aliphatic heterocycles. The SMILES string of the molecule is COc1ccccc1[C@@H](NC(=O)CNc1ccc(C#N)cc1)c1nccn1C. The molecule has 2 aromatic carbocycles. The molecule has 1 atom stereocenters. The number of carbonyl (C=O) groups is 1. The molecule has 3 rings (SSSR count). The molecule has 1 heterocycles. The monoisotopic (exact) mass is 375 g/mol. The molecule has 0 saturated heterocycles. The molecule has 0 aliphatic carbocycles. The van der Waals surface area contributed by atoms with Gasteiger partial charge in [0, 0.05) is 30.7 Å². The van der Waals surface area contributed by atoms with E-state index in [1.54, 1.807) is 37.6 Å². The third-order valence-corrected chi connectivity index (χ3v) is 4.34. The standard InChI is InChI=1S/C21H21N5O2/c1-26-12-11-23-21(26)20(17-5-3-4-6-18(17)28-2)25-19(27)14-24-16-9-7-15(13-22)8-10-16/h3-12,20,24H,14H2,1-2H3,(H,25,27)/t20-/m1/s1. The van der Waals surface area contributed by atoms with Crippen LogP contribution in [0.15, 0.2) is 60.9 Å². The molecular formula is C21H21N5O2. The molecule has 1 aromatic heterocycles. The van der Waals surface area contributed by atoms with Gasteiger partial charge >= 0.3 is 0 Å². The van der Waals surface area contributed by atoms with E-state index in [0.29, 0.717) is 17.1 Å². The van der Waals surface area contributed by atoms with Crippen LogP contribution in [0.5, 0.6) is 5.75 Å². The molecular weight excluding hydrogens is 354 g/mol. The Balaban J connectivity index is 1.76. The van der Waals surface area contributed by atoms with Crippen molar-refractivity contribution < 1.29 is 9.53 Å². The van der Waals surface area contributed by atoms with Crippen molar-refractivity contribution in [1.82, 2.24) is 14.9 Å². The maximum atomic E-state index is 12.6. The lowest BCUT2D eigenvalue weighted by Gasteiger charge is -2.21. The average molecular weight is 375 g/mol. The summed E-state index contributed by atoms with van der Waals surface area (Å²) in [6.45, 7) is 0.0853. The second kappa shape index (κ2) is 8.73. The number of nitrogens with one attached hydrogen (secondary N) is 2. The third kappa shape index (κ3) is 4.30. The van der Waals surface area contributed by atoms with Crippen LogP contribution in [0.25, 0.3) is 0 Å². The molecule has 0 fully saturated rings. The number of nitrogens with zero attached hydrogens (tertiary/aromatic N) is 3. The van der Waals surface area contributed by atoms with Gasteiger partial charge in [0.05, 0.1) is 25.3 Å². The van der Waals surface area contributed by atoms with Crippen molar-refractivity contribution in [3.05, 3.63) is 77.9 Å². The van der Waals surface area contributed by atoms with Crippen molar-refractivity contribution in [2.75, 3.05) is 19.0 Å². The number of anilines is 1. The number of hydrogen-bond acceptors (Lipinski definition) is 5. The van der Waals surface area contributed by atoms with E-state index in [1.807, 2.05) is 42.1 Å². The first-order chi connectivity index (χ1) is 13.6. The zero-order chi connectivity index (χ0) is 19.9. The lowest BCUT2D eigenvalue weighted by Crippen LogP contribution is -2.35. The summed E-state index contributed by atoms with van der Waals surface area (Å²) < 4.78 is 7.33. The molecule has 7 nitrogen and oxygen atoms in total. The Morgan fingerprint density at radius 2 is 2.00 bits per heavy atom.